The van der Waals surface area contributed by atoms with Gasteiger partial charge >= 0.3 is 0 Å². The number of rotatable bonds is 16. The Morgan fingerprint density at radius 3 is 1.40 bits per heavy atom. The van der Waals surface area contributed by atoms with Gasteiger partial charge in [-0.25, -0.2) is 0 Å². The molecule has 0 spiro atoms. The van der Waals surface area contributed by atoms with Crippen LogP contribution in [-0.4, -0.2) is 0 Å². The minimum absolute atomic E-state index is 0.906. The summed E-state index contributed by atoms with van der Waals surface area (Å²) in [5.41, 5.74) is 0. The highest BCUT2D eigenvalue weighted by Crippen LogP contribution is 2.19. The SMILES string of the molecule is [CH2]CC(CCC)CCCCCCCCCCCCCC. The summed E-state index contributed by atoms with van der Waals surface area (Å²) in [7, 11) is 0. The molecule has 0 saturated heterocycles. The van der Waals surface area contributed by atoms with Crippen molar-refractivity contribution < 1.29 is 0 Å². The van der Waals surface area contributed by atoms with Crippen LogP contribution in [0.15, 0.2) is 0 Å². The largest absolute Gasteiger partial charge is 0.0654 e. The highest BCUT2D eigenvalue weighted by atomic mass is 14.1. The van der Waals surface area contributed by atoms with Gasteiger partial charge in [0.15, 0.2) is 0 Å². The highest BCUT2D eigenvalue weighted by Gasteiger charge is 2.04. The molecule has 0 aromatic heterocycles. The lowest BCUT2D eigenvalue weighted by Gasteiger charge is -2.12. The molecule has 1 unspecified atom stereocenters. The van der Waals surface area contributed by atoms with Gasteiger partial charge in [0, 0.05) is 0 Å². The van der Waals surface area contributed by atoms with Crippen LogP contribution >= 0.6 is 0 Å². The average molecular weight is 282 g/mol. The van der Waals surface area contributed by atoms with Crippen LogP contribution in [0.3, 0.4) is 0 Å². The molecule has 0 aliphatic heterocycles. The molecule has 0 bridgehead atoms. The third-order valence-corrected chi connectivity index (χ3v) is 4.57. The number of hydrogen-bond donors (Lipinski definition) is 0. The molecule has 121 valence electrons. The molecule has 0 nitrogen and oxygen atoms in total. The van der Waals surface area contributed by atoms with Gasteiger partial charge in [0.2, 0.25) is 0 Å². The third-order valence-electron chi connectivity index (χ3n) is 4.57. The van der Waals surface area contributed by atoms with Gasteiger partial charge in [-0.15, -0.1) is 0 Å². The molecule has 0 aliphatic rings. The molecule has 0 rings (SSSR count). The van der Waals surface area contributed by atoms with E-state index in [9.17, 15) is 0 Å². The maximum Gasteiger partial charge on any atom is -0.0414 e. The first kappa shape index (κ1) is 20.0. The Bertz CT molecular complexity index is 161. The second-order valence-electron chi connectivity index (χ2n) is 6.62. The summed E-state index contributed by atoms with van der Waals surface area (Å²) < 4.78 is 0. The van der Waals surface area contributed by atoms with Crippen molar-refractivity contribution in [1.82, 2.24) is 0 Å². The summed E-state index contributed by atoms with van der Waals surface area (Å²) in [4.78, 5) is 0. The molecule has 0 aromatic rings. The van der Waals surface area contributed by atoms with Crippen LogP contribution in [0.2, 0.25) is 0 Å². The van der Waals surface area contributed by atoms with Crippen LogP contribution in [0.1, 0.15) is 117 Å². The molecule has 0 heteroatoms. The van der Waals surface area contributed by atoms with Crippen molar-refractivity contribution in [3.8, 4) is 0 Å². The molecule has 1 atom stereocenters. The maximum absolute atomic E-state index is 4.08. The van der Waals surface area contributed by atoms with Crippen molar-refractivity contribution in [3.63, 3.8) is 0 Å². The van der Waals surface area contributed by atoms with Crippen molar-refractivity contribution in [2.75, 3.05) is 0 Å². The van der Waals surface area contributed by atoms with E-state index in [1.54, 1.807) is 0 Å². The van der Waals surface area contributed by atoms with Gasteiger partial charge in [0.1, 0.15) is 0 Å². The Balaban J connectivity index is 3.09. The van der Waals surface area contributed by atoms with Crippen LogP contribution < -0.4 is 0 Å². The first-order valence-electron chi connectivity index (χ1n) is 9.64. The predicted octanol–water partition coefficient (Wildman–Crippen LogP) is 7.72. The first-order valence-corrected chi connectivity index (χ1v) is 9.64. The summed E-state index contributed by atoms with van der Waals surface area (Å²) in [6.45, 7) is 8.67. The standard InChI is InChI=1S/C20H41/c1-4-7-8-9-10-11-12-13-14-15-16-17-19-20(6-3)18-5-2/h20H,3-19H2,1-2H3. The van der Waals surface area contributed by atoms with E-state index >= 15 is 0 Å². The summed E-state index contributed by atoms with van der Waals surface area (Å²) in [6, 6.07) is 0. The third kappa shape index (κ3) is 14.4. The zero-order chi connectivity index (χ0) is 14.9. The molecule has 20 heavy (non-hydrogen) atoms. The van der Waals surface area contributed by atoms with Crippen molar-refractivity contribution in [3.05, 3.63) is 6.92 Å². The summed E-state index contributed by atoms with van der Waals surface area (Å²) in [5.74, 6) is 0.906. The number of unbranched alkanes of at least 4 members (excludes halogenated alkanes) is 11. The zero-order valence-electron chi connectivity index (χ0n) is 14.6. The second kappa shape index (κ2) is 17.1. The summed E-state index contributed by atoms with van der Waals surface area (Å²) >= 11 is 0. The second-order valence-corrected chi connectivity index (χ2v) is 6.62. The Morgan fingerprint density at radius 1 is 0.550 bits per heavy atom. The molecule has 0 fully saturated rings. The fraction of sp³-hybridized carbons (Fsp3) is 0.950. The topological polar surface area (TPSA) is 0 Å². The van der Waals surface area contributed by atoms with Crippen LogP contribution in [0.5, 0.6) is 0 Å². The molecule has 0 aliphatic carbocycles. The van der Waals surface area contributed by atoms with E-state index in [2.05, 4.69) is 20.8 Å². The smallest absolute Gasteiger partial charge is 0.0414 e. The summed E-state index contributed by atoms with van der Waals surface area (Å²) in [6.07, 6.45) is 22.8. The van der Waals surface area contributed by atoms with E-state index in [-0.39, 0.29) is 0 Å². The maximum atomic E-state index is 4.08. The van der Waals surface area contributed by atoms with Crippen LogP contribution in [0.25, 0.3) is 0 Å². The van der Waals surface area contributed by atoms with E-state index in [0.717, 1.165) is 12.3 Å². The first-order chi connectivity index (χ1) is 9.85. The lowest BCUT2D eigenvalue weighted by atomic mass is 9.94. The van der Waals surface area contributed by atoms with Crippen molar-refractivity contribution >= 4 is 0 Å². The van der Waals surface area contributed by atoms with Gasteiger partial charge in [0.05, 0.1) is 0 Å². The lowest BCUT2D eigenvalue weighted by molar-refractivity contribution is 0.421. The van der Waals surface area contributed by atoms with Crippen LogP contribution in [0.4, 0.5) is 0 Å². The molecule has 1 radical (unpaired) electrons. The predicted molar refractivity (Wildman–Crippen MR) is 94.1 cm³/mol. The average Bonchev–Trinajstić information content (AvgIpc) is 2.47. The van der Waals surface area contributed by atoms with E-state index in [0.29, 0.717) is 0 Å². The molecular weight excluding hydrogens is 240 g/mol. The molecule has 0 heterocycles. The number of hydrogen-bond acceptors (Lipinski definition) is 0. The van der Waals surface area contributed by atoms with Gasteiger partial charge in [-0.2, -0.15) is 0 Å². The Labute approximate surface area is 130 Å². The minimum atomic E-state index is 0.906. The monoisotopic (exact) mass is 281 g/mol. The van der Waals surface area contributed by atoms with Crippen molar-refractivity contribution in [2.45, 2.75) is 117 Å². The Hall–Kier alpha value is 0. The van der Waals surface area contributed by atoms with E-state index in [1.165, 1.54) is 96.3 Å². The van der Waals surface area contributed by atoms with Gasteiger partial charge in [-0.3, -0.25) is 0 Å². The van der Waals surface area contributed by atoms with E-state index in [1.807, 2.05) is 0 Å². The zero-order valence-corrected chi connectivity index (χ0v) is 14.6. The molecule has 0 aromatic carbocycles. The molecule has 0 saturated carbocycles. The van der Waals surface area contributed by atoms with Gasteiger partial charge in [0.25, 0.3) is 0 Å². The van der Waals surface area contributed by atoms with E-state index < -0.39 is 0 Å². The van der Waals surface area contributed by atoms with Crippen molar-refractivity contribution in [2.24, 2.45) is 5.92 Å². The van der Waals surface area contributed by atoms with Gasteiger partial charge < -0.3 is 0 Å². The Kier molecular flexibility index (Phi) is 17.1. The Morgan fingerprint density at radius 2 is 1.00 bits per heavy atom. The van der Waals surface area contributed by atoms with E-state index in [4.69, 9.17) is 0 Å². The highest BCUT2D eigenvalue weighted by molar-refractivity contribution is 4.60. The minimum Gasteiger partial charge on any atom is -0.0654 e. The molecule has 0 N–H and O–H groups in total. The summed E-state index contributed by atoms with van der Waals surface area (Å²) in [5, 5.41) is 0. The van der Waals surface area contributed by atoms with Crippen molar-refractivity contribution in [1.29, 1.82) is 0 Å². The lowest BCUT2D eigenvalue weighted by Crippen LogP contribution is -1.98. The molecule has 0 amide bonds. The van der Waals surface area contributed by atoms with Gasteiger partial charge in [-0.05, 0) is 5.92 Å². The fourth-order valence-corrected chi connectivity index (χ4v) is 3.12. The molecular formula is C20H41. The van der Waals surface area contributed by atoms with Crippen LogP contribution in [-0.2, 0) is 0 Å². The van der Waals surface area contributed by atoms with Crippen LogP contribution in [0, 0.1) is 12.8 Å². The quantitative estimate of drug-likeness (QED) is 0.254. The normalized spacial score (nSPS) is 12.8. The van der Waals surface area contributed by atoms with Gasteiger partial charge in [-0.1, -0.05) is 124 Å². The fourth-order valence-electron chi connectivity index (χ4n) is 3.12.